The van der Waals surface area contributed by atoms with Crippen LogP contribution in [0, 0.1) is 5.92 Å². The molecule has 3 atom stereocenters. The van der Waals surface area contributed by atoms with Crippen LogP contribution in [0.4, 0.5) is 0 Å². The van der Waals surface area contributed by atoms with Crippen LogP contribution < -0.4 is 11.1 Å². The molecule has 4 heteroatoms. The van der Waals surface area contributed by atoms with Crippen LogP contribution in [0.2, 0.25) is 0 Å². The van der Waals surface area contributed by atoms with Crippen LogP contribution in [0.1, 0.15) is 20.3 Å². The Morgan fingerprint density at radius 1 is 1.62 bits per heavy atom. The fraction of sp³-hybridized carbons (Fsp3) is 0.889. The normalized spacial score (nSPS) is 26.8. The Morgan fingerprint density at radius 2 is 2.31 bits per heavy atom. The van der Waals surface area contributed by atoms with E-state index in [2.05, 4.69) is 5.32 Å². The molecule has 0 saturated carbocycles. The number of hydrogen-bond donors (Lipinski definition) is 2. The highest BCUT2D eigenvalue weighted by atomic mass is 16.5. The van der Waals surface area contributed by atoms with Gasteiger partial charge in [-0.1, -0.05) is 0 Å². The van der Waals surface area contributed by atoms with E-state index >= 15 is 0 Å². The molecule has 1 aliphatic heterocycles. The Bertz CT molecular complexity index is 176. The van der Waals surface area contributed by atoms with Crippen molar-refractivity contribution >= 4 is 5.91 Å². The predicted octanol–water partition coefficient (Wildman–Crippen LogP) is -0.125. The number of hydrogen-bond acceptors (Lipinski definition) is 3. The van der Waals surface area contributed by atoms with E-state index in [1.165, 1.54) is 0 Å². The molecule has 0 radical (unpaired) electrons. The van der Waals surface area contributed by atoms with Gasteiger partial charge in [0.25, 0.3) is 0 Å². The average Bonchev–Trinajstić information content (AvgIpc) is 2.55. The number of carbonyl (C=O) groups excluding carboxylic acids is 1. The van der Waals surface area contributed by atoms with E-state index in [0.717, 1.165) is 19.6 Å². The molecule has 1 aliphatic rings. The molecule has 0 aromatic heterocycles. The summed E-state index contributed by atoms with van der Waals surface area (Å²) in [6.07, 6.45) is 1.03. The summed E-state index contributed by atoms with van der Waals surface area (Å²) in [6.45, 7) is 5.25. The molecule has 0 aromatic carbocycles. The molecular weight excluding hydrogens is 168 g/mol. The van der Waals surface area contributed by atoms with Gasteiger partial charge >= 0.3 is 0 Å². The molecule has 0 bridgehead atoms. The van der Waals surface area contributed by atoms with Gasteiger partial charge in [0.05, 0.1) is 12.6 Å². The molecule has 1 rings (SSSR count). The minimum Gasteiger partial charge on any atom is -0.381 e. The first kappa shape index (κ1) is 10.5. The van der Waals surface area contributed by atoms with Crippen LogP contribution >= 0.6 is 0 Å². The topological polar surface area (TPSA) is 64.4 Å². The lowest BCUT2D eigenvalue weighted by Crippen LogP contribution is -2.45. The van der Waals surface area contributed by atoms with Crippen LogP contribution in [0.25, 0.3) is 0 Å². The van der Waals surface area contributed by atoms with Gasteiger partial charge < -0.3 is 15.8 Å². The van der Waals surface area contributed by atoms with E-state index in [1.54, 1.807) is 6.92 Å². The lowest BCUT2D eigenvalue weighted by molar-refractivity contribution is -0.122. The Balaban J connectivity index is 2.31. The summed E-state index contributed by atoms with van der Waals surface area (Å²) in [5.74, 6) is 0.363. The molecule has 4 nitrogen and oxygen atoms in total. The predicted molar refractivity (Wildman–Crippen MR) is 50.2 cm³/mol. The number of carbonyl (C=O) groups is 1. The minimum absolute atomic E-state index is 0.0839. The highest BCUT2D eigenvalue weighted by Crippen LogP contribution is 2.16. The zero-order chi connectivity index (χ0) is 9.84. The smallest absolute Gasteiger partial charge is 0.236 e. The molecule has 2 unspecified atom stereocenters. The van der Waals surface area contributed by atoms with Crippen molar-refractivity contribution in [1.82, 2.24) is 5.32 Å². The summed E-state index contributed by atoms with van der Waals surface area (Å²) in [6, 6.07) is -0.259. The Kier molecular flexibility index (Phi) is 3.69. The Hall–Kier alpha value is -0.610. The SMILES string of the molecule is CC(NC(=O)[C@@H](C)N)C1CCOC1. The van der Waals surface area contributed by atoms with Gasteiger partial charge in [-0.3, -0.25) is 4.79 Å². The number of nitrogens with one attached hydrogen (secondary N) is 1. The van der Waals surface area contributed by atoms with E-state index in [-0.39, 0.29) is 11.9 Å². The molecule has 13 heavy (non-hydrogen) atoms. The highest BCUT2D eigenvalue weighted by Gasteiger charge is 2.24. The fourth-order valence-electron chi connectivity index (χ4n) is 1.42. The van der Waals surface area contributed by atoms with Gasteiger partial charge in [-0.2, -0.15) is 0 Å². The maximum absolute atomic E-state index is 11.2. The molecule has 0 spiro atoms. The summed E-state index contributed by atoms with van der Waals surface area (Å²) in [5, 5.41) is 2.88. The first-order chi connectivity index (χ1) is 6.11. The van der Waals surface area contributed by atoms with Gasteiger partial charge in [0, 0.05) is 18.6 Å². The van der Waals surface area contributed by atoms with Gasteiger partial charge in [0.15, 0.2) is 0 Å². The molecule has 3 N–H and O–H groups in total. The van der Waals surface area contributed by atoms with Crippen molar-refractivity contribution in [1.29, 1.82) is 0 Å². The van der Waals surface area contributed by atoms with Crippen molar-refractivity contribution in [2.45, 2.75) is 32.4 Å². The van der Waals surface area contributed by atoms with Crippen LogP contribution in [0.5, 0.6) is 0 Å². The van der Waals surface area contributed by atoms with Crippen molar-refractivity contribution in [2.75, 3.05) is 13.2 Å². The second kappa shape index (κ2) is 4.58. The molecule has 1 heterocycles. The van der Waals surface area contributed by atoms with Gasteiger partial charge in [-0.05, 0) is 20.3 Å². The molecular formula is C9H18N2O2. The highest BCUT2D eigenvalue weighted by molar-refractivity contribution is 5.81. The van der Waals surface area contributed by atoms with Crippen LogP contribution in [-0.2, 0) is 9.53 Å². The van der Waals surface area contributed by atoms with Crippen molar-refractivity contribution in [3.05, 3.63) is 0 Å². The summed E-state index contributed by atoms with van der Waals surface area (Å²) in [5.41, 5.74) is 5.44. The van der Waals surface area contributed by atoms with Gasteiger partial charge in [0.2, 0.25) is 5.91 Å². The minimum atomic E-state index is -0.426. The van der Waals surface area contributed by atoms with E-state index < -0.39 is 6.04 Å². The second-order valence-electron chi connectivity index (χ2n) is 3.71. The molecule has 1 amide bonds. The molecule has 0 aromatic rings. The number of rotatable bonds is 3. The van der Waals surface area contributed by atoms with Gasteiger partial charge in [-0.15, -0.1) is 0 Å². The lowest BCUT2D eigenvalue weighted by Gasteiger charge is -2.20. The third-order valence-corrected chi connectivity index (χ3v) is 2.46. The summed E-state index contributed by atoms with van der Waals surface area (Å²) < 4.78 is 5.24. The first-order valence-corrected chi connectivity index (χ1v) is 4.75. The maximum atomic E-state index is 11.2. The van der Waals surface area contributed by atoms with Crippen LogP contribution in [0.3, 0.4) is 0 Å². The molecule has 1 saturated heterocycles. The van der Waals surface area contributed by atoms with Crippen LogP contribution in [-0.4, -0.2) is 31.2 Å². The van der Waals surface area contributed by atoms with Gasteiger partial charge in [0.1, 0.15) is 0 Å². The Labute approximate surface area is 78.8 Å². The van der Waals surface area contributed by atoms with Crippen molar-refractivity contribution < 1.29 is 9.53 Å². The maximum Gasteiger partial charge on any atom is 0.236 e. The monoisotopic (exact) mass is 186 g/mol. The average molecular weight is 186 g/mol. The first-order valence-electron chi connectivity index (χ1n) is 4.75. The van der Waals surface area contributed by atoms with Crippen molar-refractivity contribution in [3.8, 4) is 0 Å². The standard InChI is InChI=1S/C9H18N2O2/c1-6(10)9(12)11-7(2)8-3-4-13-5-8/h6-8H,3-5,10H2,1-2H3,(H,11,12)/t6-,7?,8?/m1/s1. The molecule has 1 fully saturated rings. The number of ether oxygens (including phenoxy) is 1. The summed E-state index contributed by atoms with van der Waals surface area (Å²) >= 11 is 0. The third kappa shape index (κ3) is 2.97. The van der Waals surface area contributed by atoms with E-state index in [1.807, 2.05) is 6.92 Å². The third-order valence-electron chi connectivity index (χ3n) is 2.46. The summed E-state index contributed by atoms with van der Waals surface area (Å²) in [4.78, 5) is 11.2. The zero-order valence-electron chi connectivity index (χ0n) is 8.25. The van der Waals surface area contributed by atoms with E-state index in [0.29, 0.717) is 5.92 Å². The van der Waals surface area contributed by atoms with Gasteiger partial charge in [-0.25, -0.2) is 0 Å². The number of amides is 1. The second-order valence-corrected chi connectivity index (χ2v) is 3.71. The largest absolute Gasteiger partial charge is 0.381 e. The quantitative estimate of drug-likeness (QED) is 0.645. The van der Waals surface area contributed by atoms with E-state index in [9.17, 15) is 4.79 Å². The van der Waals surface area contributed by atoms with Crippen molar-refractivity contribution in [2.24, 2.45) is 11.7 Å². The van der Waals surface area contributed by atoms with Crippen molar-refractivity contribution in [3.63, 3.8) is 0 Å². The fourth-order valence-corrected chi connectivity index (χ4v) is 1.42. The zero-order valence-corrected chi connectivity index (χ0v) is 8.25. The Morgan fingerprint density at radius 3 is 2.77 bits per heavy atom. The van der Waals surface area contributed by atoms with E-state index in [4.69, 9.17) is 10.5 Å². The van der Waals surface area contributed by atoms with Crippen LogP contribution in [0.15, 0.2) is 0 Å². The summed E-state index contributed by atoms with van der Waals surface area (Å²) in [7, 11) is 0. The number of nitrogens with two attached hydrogens (primary N) is 1. The molecule has 0 aliphatic carbocycles. The molecule has 76 valence electrons. The lowest BCUT2D eigenvalue weighted by atomic mass is 10.0.